The molecule has 1 amide bonds. The highest BCUT2D eigenvalue weighted by molar-refractivity contribution is 7.14. The van der Waals surface area contributed by atoms with E-state index in [4.69, 9.17) is 4.74 Å². The molecule has 0 fully saturated rings. The zero-order chi connectivity index (χ0) is 27.2. The molecule has 0 bridgehead atoms. The van der Waals surface area contributed by atoms with Crippen LogP contribution in [-0.4, -0.2) is 32.1 Å². The van der Waals surface area contributed by atoms with Crippen molar-refractivity contribution in [2.24, 2.45) is 5.41 Å². The molecule has 0 radical (unpaired) electrons. The Balaban J connectivity index is 1.56. The fourth-order valence-corrected chi connectivity index (χ4v) is 4.93. The number of alkyl halides is 3. The minimum atomic E-state index is -4.36. The molecule has 9 heteroatoms. The summed E-state index contributed by atoms with van der Waals surface area (Å²) in [6, 6.07) is 14.4. The van der Waals surface area contributed by atoms with E-state index in [1.165, 1.54) is 30.6 Å². The number of benzene rings is 2. The quantitative estimate of drug-likeness (QED) is 0.295. The Bertz CT molecular complexity index is 1230. The molecule has 0 aliphatic heterocycles. The average molecular weight is 534 g/mol. The second-order valence-electron chi connectivity index (χ2n) is 9.53. The van der Waals surface area contributed by atoms with Crippen molar-refractivity contribution in [2.75, 3.05) is 20.3 Å². The molecule has 1 aromatic heterocycles. The summed E-state index contributed by atoms with van der Waals surface area (Å²) in [5, 5.41) is 2.71. The van der Waals surface area contributed by atoms with Crippen LogP contribution < -0.4 is 10.1 Å². The van der Waals surface area contributed by atoms with Crippen molar-refractivity contribution in [1.29, 1.82) is 0 Å². The number of carbonyl (C=O) groups is 2. The molecule has 0 saturated carbocycles. The molecule has 1 heterocycles. The third-order valence-corrected chi connectivity index (χ3v) is 6.82. The van der Waals surface area contributed by atoms with Gasteiger partial charge in [0.1, 0.15) is 5.75 Å². The van der Waals surface area contributed by atoms with Gasteiger partial charge >= 0.3 is 12.1 Å². The summed E-state index contributed by atoms with van der Waals surface area (Å²) in [7, 11) is 1.31. The van der Waals surface area contributed by atoms with E-state index in [9.17, 15) is 22.8 Å². The second kappa shape index (κ2) is 11.8. The minimum absolute atomic E-state index is 0.121. The number of esters is 1. The van der Waals surface area contributed by atoms with Crippen LogP contribution in [-0.2, 0) is 22.1 Å². The lowest BCUT2D eigenvalue weighted by molar-refractivity contribution is -0.140. The van der Waals surface area contributed by atoms with E-state index in [0.717, 1.165) is 28.1 Å². The summed E-state index contributed by atoms with van der Waals surface area (Å²) in [5.41, 5.74) is 1.56. The fourth-order valence-electron chi connectivity index (χ4n) is 3.75. The topological polar surface area (TPSA) is 64.6 Å². The van der Waals surface area contributed by atoms with E-state index in [2.05, 4.69) is 23.9 Å². The molecule has 0 aliphatic carbocycles. The zero-order valence-corrected chi connectivity index (χ0v) is 22.0. The fraction of sp³-hybridized carbons (Fsp3) is 0.357. The van der Waals surface area contributed by atoms with Gasteiger partial charge in [-0.2, -0.15) is 13.2 Å². The lowest BCUT2D eigenvalue weighted by atomic mass is 9.90. The van der Waals surface area contributed by atoms with Crippen LogP contribution >= 0.6 is 11.3 Å². The predicted octanol–water partition coefficient (Wildman–Crippen LogP) is 6.68. The van der Waals surface area contributed by atoms with E-state index in [1.807, 2.05) is 31.2 Å². The first kappa shape index (κ1) is 28.2. The van der Waals surface area contributed by atoms with Crippen molar-refractivity contribution in [3.63, 3.8) is 0 Å². The van der Waals surface area contributed by atoms with Gasteiger partial charge in [-0.3, -0.25) is 9.59 Å². The molecule has 198 valence electrons. The van der Waals surface area contributed by atoms with Crippen LogP contribution in [0, 0.1) is 12.3 Å². The van der Waals surface area contributed by atoms with Crippen molar-refractivity contribution in [3.8, 4) is 16.9 Å². The number of amides is 1. The van der Waals surface area contributed by atoms with Gasteiger partial charge < -0.3 is 14.8 Å². The third kappa shape index (κ3) is 8.08. The highest BCUT2D eigenvalue weighted by atomic mass is 32.1. The molecule has 0 spiro atoms. The van der Waals surface area contributed by atoms with Gasteiger partial charge in [0.05, 0.1) is 30.6 Å². The van der Waals surface area contributed by atoms with Crippen LogP contribution in [0.25, 0.3) is 11.1 Å². The van der Waals surface area contributed by atoms with Crippen molar-refractivity contribution in [3.05, 3.63) is 75.5 Å². The lowest BCUT2D eigenvalue weighted by Gasteiger charge is -2.24. The maximum absolute atomic E-state index is 12.8. The normalized spacial score (nSPS) is 11.8. The van der Waals surface area contributed by atoms with E-state index in [0.29, 0.717) is 29.2 Å². The van der Waals surface area contributed by atoms with Crippen molar-refractivity contribution >= 4 is 23.2 Å². The molecule has 0 aliphatic rings. The number of hydrogen-bond acceptors (Lipinski definition) is 5. The largest absolute Gasteiger partial charge is 0.493 e. The Morgan fingerprint density at radius 1 is 1.00 bits per heavy atom. The van der Waals surface area contributed by atoms with Gasteiger partial charge in [-0.1, -0.05) is 32.0 Å². The molecule has 0 unspecified atom stereocenters. The van der Waals surface area contributed by atoms with Gasteiger partial charge in [-0.25, -0.2) is 0 Å². The Labute approximate surface area is 218 Å². The first-order chi connectivity index (χ1) is 17.4. The monoisotopic (exact) mass is 533 g/mol. The van der Waals surface area contributed by atoms with E-state index in [1.54, 1.807) is 6.07 Å². The summed E-state index contributed by atoms with van der Waals surface area (Å²) in [6.45, 7) is 6.70. The maximum atomic E-state index is 12.8. The molecule has 2 aromatic carbocycles. The molecule has 1 N–H and O–H groups in total. The smallest absolute Gasteiger partial charge is 0.416 e. The zero-order valence-electron chi connectivity index (χ0n) is 21.2. The van der Waals surface area contributed by atoms with Crippen LogP contribution in [0.5, 0.6) is 5.75 Å². The number of methoxy groups -OCH3 is 1. The SMILES string of the molecule is COC(=O)CCNC(=O)c1ccc(CC(C)(C)COc2ccc(-c3ccc(C(F)(F)F)cc3)c(C)c2)s1. The van der Waals surface area contributed by atoms with Gasteiger partial charge in [0.25, 0.3) is 5.91 Å². The Kier molecular flexibility index (Phi) is 9.02. The van der Waals surface area contributed by atoms with Crippen LogP contribution in [0.4, 0.5) is 13.2 Å². The molecule has 0 saturated heterocycles. The summed E-state index contributed by atoms with van der Waals surface area (Å²) in [4.78, 5) is 25.1. The number of ether oxygens (including phenoxy) is 2. The highest BCUT2D eigenvalue weighted by Crippen LogP contribution is 2.33. The standard InChI is InChI=1S/C28H30F3NO4S/c1-18-15-21(9-11-23(18)19-5-7-20(8-6-19)28(29,30)31)36-17-27(2,3)16-22-10-12-24(37-22)26(34)32-14-13-25(33)35-4/h5-12,15H,13-14,16-17H2,1-4H3,(H,32,34). The Hall–Kier alpha value is -3.33. The summed E-state index contributed by atoms with van der Waals surface area (Å²) < 4.78 is 49.1. The number of carbonyl (C=O) groups excluding carboxylic acids is 2. The number of aryl methyl sites for hydroxylation is 1. The van der Waals surface area contributed by atoms with Crippen LogP contribution in [0.1, 0.15) is 45.9 Å². The first-order valence-electron chi connectivity index (χ1n) is 11.7. The molecular formula is C28H30F3NO4S. The average Bonchev–Trinajstić information content (AvgIpc) is 3.30. The number of halogens is 3. The van der Waals surface area contributed by atoms with Crippen molar-refractivity contribution < 1.29 is 32.2 Å². The molecule has 37 heavy (non-hydrogen) atoms. The van der Waals surface area contributed by atoms with Crippen molar-refractivity contribution in [2.45, 2.75) is 39.8 Å². The predicted molar refractivity (Wildman–Crippen MR) is 138 cm³/mol. The summed E-state index contributed by atoms with van der Waals surface area (Å²) in [6.07, 6.45) is -3.54. The van der Waals surface area contributed by atoms with Gasteiger partial charge in [-0.15, -0.1) is 11.3 Å². The maximum Gasteiger partial charge on any atom is 0.416 e. The number of hydrogen-bond donors (Lipinski definition) is 1. The molecule has 0 atom stereocenters. The number of thiophene rings is 1. The third-order valence-electron chi connectivity index (χ3n) is 5.73. The van der Waals surface area contributed by atoms with Gasteiger partial charge in [0, 0.05) is 16.8 Å². The molecular weight excluding hydrogens is 503 g/mol. The summed E-state index contributed by atoms with van der Waals surface area (Å²) in [5.74, 6) is 0.0780. The van der Waals surface area contributed by atoms with Crippen LogP contribution in [0.2, 0.25) is 0 Å². The lowest BCUT2D eigenvalue weighted by Crippen LogP contribution is -2.25. The molecule has 3 aromatic rings. The first-order valence-corrected chi connectivity index (χ1v) is 12.5. The van der Waals surface area contributed by atoms with Crippen LogP contribution in [0.15, 0.2) is 54.6 Å². The molecule has 5 nitrogen and oxygen atoms in total. The number of nitrogens with one attached hydrogen (secondary N) is 1. The van der Waals surface area contributed by atoms with Gasteiger partial charge in [0.15, 0.2) is 0 Å². The summed E-state index contributed by atoms with van der Waals surface area (Å²) >= 11 is 1.40. The minimum Gasteiger partial charge on any atom is -0.493 e. The van der Waals surface area contributed by atoms with Crippen LogP contribution in [0.3, 0.4) is 0 Å². The number of rotatable bonds is 10. The van der Waals surface area contributed by atoms with Gasteiger partial charge in [-0.05, 0) is 66.4 Å². The highest BCUT2D eigenvalue weighted by Gasteiger charge is 2.30. The Morgan fingerprint density at radius 2 is 1.70 bits per heavy atom. The van der Waals surface area contributed by atoms with Crippen molar-refractivity contribution in [1.82, 2.24) is 5.32 Å². The Morgan fingerprint density at radius 3 is 2.32 bits per heavy atom. The van der Waals surface area contributed by atoms with E-state index < -0.39 is 11.7 Å². The van der Waals surface area contributed by atoms with E-state index in [-0.39, 0.29) is 30.3 Å². The van der Waals surface area contributed by atoms with Gasteiger partial charge in [0.2, 0.25) is 0 Å². The molecule has 3 rings (SSSR count). The second-order valence-corrected chi connectivity index (χ2v) is 10.7. The van der Waals surface area contributed by atoms with E-state index >= 15 is 0 Å².